The van der Waals surface area contributed by atoms with Crippen molar-refractivity contribution in [2.24, 2.45) is 5.92 Å². The van der Waals surface area contributed by atoms with Gasteiger partial charge in [0.05, 0.1) is 6.61 Å². The molecule has 0 saturated heterocycles. The van der Waals surface area contributed by atoms with Gasteiger partial charge in [-0.15, -0.1) is 15.0 Å². The molecule has 0 aliphatic heterocycles. The standard InChI is InChI=1S/C21H27N3O2/c1-4-6-7-16(5-2)14-26-17-9-10-18-19(13-17)23-24(22-18)20-12-15(3)8-11-21(20)25/h8-13,16,25H,4-7,14H2,1-3H3. The number of unbranched alkanes of at least 4 members (excludes halogenated alkanes) is 1. The summed E-state index contributed by atoms with van der Waals surface area (Å²) in [5.41, 5.74) is 3.15. The van der Waals surface area contributed by atoms with Crippen molar-refractivity contribution in [2.45, 2.75) is 46.5 Å². The van der Waals surface area contributed by atoms with Gasteiger partial charge in [-0.25, -0.2) is 0 Å². The molecular weight excluding hydrogens is 326 g/mol. The van der Waals surface area contributed by atoms with Crippen molar-refractivity contribution in [3.63, 3.8) is 0 Å². The van der Waals surface area contributed by atoms with E-state index in [1.165, 1.54) is 24.1 Å². The largest absolute Gasteiger partial charge is 0.506 e. The molecule has 1 heterocycles. The molecule has 26 heavy (non-hydrogen) atoms. The van der Waals surface area contributed by atoms with Gasteiger partial charge in [0.15, 0.2) is 0 Å². The molecule has 0 fully saturated rings. The van der Waals surface area contributed by atoms with Crippen molar-refractivity contribution in [3.05, 3.63) is 42.0 Å². The summed E-state index contributed by atoms with van der Waals surface area (Å²) in [6.45, 7) is 7.14. The number of aryl methyl sites for hydroxylation is 1. The number of ether oxygens (including phenoxy) is 1. The second-order valence-electron chi connectivity index (χ2n) is 6.86. The van der Waals surface area contributed by atoms with Crippen LogP contribution in [-0.2, 0) is 0 Å². The normalized spacial score (nSPS) is 12.4. The van der Waals surface area contributed by atoms with Crippen LogP contribution in [0.15, 0.2) is 36.4 Å². The van der Waals surface area contributed by atoms with Crippen LogP contribution >= 0.6 is 0 Å². The third kappa shape index (κ3) is 4.15. The fraction of sp³-hybridized carbons (Fsp3) is 0.429. The topological polar surface area (TPSA) is 60.2 Å². The molecule has 5 heteroatoms. The zero-order valence-corrected chi connectivity index (χ0v) is 15.8. The lowest BCUT2D eigenvalue weighted by Crippen LogP contribution is -2.11. The first kappa shape index (κ1) is 18.2. The molecule has 1 unspecified atom stereocenters. The molecule has 1 N–H and O–H groups in total. The summed E-state index contributed by atoms with van der Waals surface area (Å²) in [6.07, 6.45) is 4.80. The molecule has 1 aromatic heterocycles. The van der Waals surface area contributed by atoms with Crippen LogP contribution < -0.4 is 4.74 Å². The summed E-state index contributed by atoms with van der Waals surface area (Å²) in [4.78, 5) is 1.48. The third-order valence-corrected chi connectivity index (χ3v) is 4.73. The van der Waals surface area contributed by atoms with Crippen LogP contribution in [0.5, 0.6) is 11.5 Å². The summed E-state index contributed by atoms with van der Waals surface area (Å²) >= 11 is 0. The minimum Gasteiger partial charge on any atom is -0.506 e. The Bertz CT molecular complexity index is 873. The van der Waals surface area contributed by atoms with Gasteiger partial charge in [-0.2, -0.15) is 0 Å². The molecule has 0 aliphatic rings. The van der Waals surface area contributed by atoms with Crippen molar-refractivity contribution in [3.8, 4) is 17.2 Å². The van der Waals surface area contributed by atoms with Crippen LogP contribution in [0.2, 0.25) is 0 Å². The van der Waals surface area contributed by atoms with Crippen LogP contribution in [0.3, 0.4) is 0 Å². The van der Waals surface area contributed by atoms with Gasteiger partial charge in [-0.1, -0.05) is 39.2 Å². The Balaban J connectivity index is 1.78. The molecule has 3 rings (SSSR count). The first-order valence-corrected chi connectivity index (χ1v) is 9.40. The molecule has 138 valence electrons. The zero-order valence-electron chi connectivity index (χ0n) is 15.8. The van der Waals surface area contributed by atoms with E-state index >= 15 is 0 Å². The SMILES string of the molecule is CCCCC(CC)COc1ccc2nn(-c3cc(C)ccc3O)nc2c1. The van der Waals surface area contributed by atoms with Crippen LogP contribution in [-0.4, -0.2) is 26.7 Å². The number of phenolic OH excluding ortho intramolecular Hbond substituents is 1. The van der Waals surface area contributed by atoms with Crippen LogP contribution in [0, 0.1) is 12.8 Å². The molecule has 5 nitrogen and oxygen atoms in total. The van der Waals surface area contributed by atoms with Gasteiger partial charge in [-0.05, 0) is 49.1 Å². The van der Waals surface area contributed by atoms with Crippen LogP contribution in [0.1, 0.15) is 45.1 Å². The second kappa shape index (κ2) is 8.21. The fourth-order valence-electron chi connectivity index (χ4n) is 3.00. The van der Waals surface area contributed by atoms with E-state index in [0.717, 1.165) is 35.4 Å². The smallest absolute Gasteiger partial charge is 0.143 e. The van der Waals surface area contributed by atoms with Crippen molar-refractivity contribution in [1.82, 2.24) is 15.0 Å². The summed E-state index contributed by atoms with van der Waals surface area (Å²) in [7, 11) is 0. The molecule has 2 aromatic carbocycles. The number of rotatable bonds is 8. The molecule has 0 bridgehead atoms. The molecule has 0 saturated carbocycles. The quantitative estimate of drug-likeness (QED) is 0.617. The average Bonchev–Trinajstić information content (AvgIpc) is 3.07. The average molecular weight is 353 g/mol. The monoisotopic (exact) mass is 353 g/mol. The van der Waals surface area contributed by atoms with E-state index < -0.39 is 0 Å². The van der Waals surface area contributed by atoms with E-state index in [2.05, 4.69) is 24.0 Å². The Morgan fingerprint density at radius 2 is 1.88 bits per heavy atom. The van der Waals surface area contributed by atoms with Gasteiger partial charge in [0.2, 0.25) is 0 Å². The lowest BCUT2D eigenvalue weighted by atomic mass is 10.0. The number of benzene rings is 2. The maximum Gasteiger partial charge on any atom is 0.143 e. The fourth-order valence-corrected chi connectivity index (χ4v) is 3.00. The summed E-state index contributed by atoms with van der Waals surface area (Å²) in [5, 5.41) is 19.1. The van der Waals surface area contributed by atoms with Gasteiger partial charge in [0.1, 0.15) is 28.2 Å². The highest BCUT2D eigenvalue weighted by molar-refractivity contribution is 5.75. The van der Waals surface area contributed by atoms with Gasteiger partial charge in [0, 0.05) is 6.07 Å². The lowest BCUT2D eigenvalue weighted by molar-refractivity contribution is 0.233. The van der Waals surface area contributed by atoms with Crippen LogP contribution in [0.25, 0.3) is 16.7 Å². The predicted octanol–water partition coefficient (Wildman–Crippen LogP) is 5.03. The Morgan fingerprint density at radius 1 is 1.08 bits per heavy atom. The molecule has 0 aliphatic carbocycles. The van der Waals surface area contributed by atoms with E-state index in [1.807, 2.05) is 37.3 Å². The predicted molar refractivity (Wildman–Crippen MR) is 104 cm³/mol. The first-order chi connectivity index (χ1) is 12.6. The van der Waals surface area contributed by atoms with Crippen molar-refractivity contribution in [1.29, 1.82) is 0 Å². The highest BCUT2D eigenvalue weighted by Gasteiger charge is 2.11. The Kier molecular flexibility index (Phi) is 5.76. The van der Waals surface area contributed by atoms with E-state index in [9.17, 15) is 5.11 Å². The molecule has 0 amide bonds. The van der Waals surface area contributed by atoms with Gasteiger partial charge in [-0.3, -0.25) is 0 Å². The zero-order chi connectivity index (χ0) is 18.5. The summed E-state index contributed by atoms with van der Waals surface area (Å²) < 4.78 is 6.00. The minimum atomic E-state index is 0.161. The highest BCUT2D eigenvalue weighted by Crippen LogP contribution is 2.25. The number of nitrogens with zero attached hydrogens (tertiary/aromatic N) is 3. The summed E-state index contributed by atoms with van der Waals surface area (Å²) in [5.74, 6) is 1.56. The van der Waals surface area contributed by atoms with Gasteiger partial charge in [0.25, 0.3) is 0 Å². The number of aromatic nitrogens is 3. The number of aromatic hydroxyl groups is 1. The minimum absolute atomic E-state index is 0.161. The highest BCUT2D eigenvalue weighted by atomic mass is 16.5. The lowest BCUT2D eigenvalue weighted by Gasteiger charge is -2.15. The molecule has 3 aromatic rings. The van der Waals surface area contributed by atoms with E-state index in [0.29, 0.717) is 11.6 Å². The van der Waals surface area contributed by atoms with Crippen molar-refractivity contribution < 1.29 is 9.84 Å². The summed E-state index contributed by atoms with van der Waals surface area (Å²) in [6, 6.07) is 11.1. The third-order valence-electron chi connectivity index (χ3n) is 4.73. The molecule has 0 radical (unpaired) electrons. The maximum absolute atomic E-state index is 10.1. The Morgan fingerprint density at radius 3 is 2.65 bits per heavy atom. The maximum atomic E-state index is 10.1. The molecule has 0 spiro atoms. The Labute approximate surface area is 154 Å². The second-order valence-corrected chi connectivity index (χ2v) is 6.86. The van der Waals surface area contributed by atoms with Gasteiger partial charge < -0.3 is 9.84 Å². The van der Waals surface area contributed by atoms with E-state index in [1.54, 1.807) is 6.07 Å². The van der Waals surface area contributed by atoms with Crippen molar-refractivity contribution >= 4 is 11.0 Å². The Hall–Kier alpha value is -2.56. The van der Waals surface area contributed by atoms with Gasteiger partial charge >= 0.3 is 0 Å². The number of hydrogen-bond donors (Lipinski definition) is 1. The molecule has 1 atom stereocenters. The first-order valence-electron chi connectivity index (χ1n) is 9.40. The van der Waals surface area contributed by atoms with Crippen molar-refractivity contribution in [2.75, 3.05) is 6.61 Å². The number of fused-ring (bicyclic) bond motifs is 1. The number of hydrogen-bond acceptors (Lipinski definition) is 4. The van der Waals surface area contributed by atoms with E-state index in [-0.39, 0.29) is 5.75 Å². The van der Waals surface area contributed by atoms with Crippen LogP contribution in [0.4, 0.5) is 0 Å². The van der Waals surface area contributed by atoms with E-state index in [4.69, 9.17) is 4.74 Å². The number of phenols is 1. The molecular formula is C21H27N3O2.